The highest BCUT2D eigenvalue weighted by molar-refractivity contribution is 6.89. The molecular formula is C21H38F6O3Si4. The zero-order chi connectivity index (χ0) is 27.0. The molecule has 34 heavy (non-hydrogen) atoms. The molecule has 0 saturated heterocycles. The van der Waals surface area contributed by atoms with Crippen molar-refractivity contribution in [3.05, 3.63) is 35.1 Å². The van der Waals surface area contributed by atoms with Crippen LogP contribution in [0, 0.1) is 17.5 Å². The van der Waals surface area contributed by atoms with E-state index in [2.05, 4.69) is 0 Å². The summed E-state index contributed by atoms with van der Waals surface area (Å²) in [7, 11) is -11.2. The number of halogens is 6. The molecule has 0 aliphatic rings. The summed E-state index contributed by atoms with van der Waals surface area (Å²) in [5, 5.41) is 0. The van der Waals surface area contributed by atoms with Crippen LogP contribution in [0.25, 0.3) is 0 Å². The van der Waals surface area contributed by atoms with Crippen LogP contribution in [0.5, 0.6) is 0 Å². The van der Waals surface area contributed by atoms with Gasteiger partial charge in [-0.3, -0.25) is 0 Å². The van der Waals surface area contributed by atoms with Gasteiger partial charge in [0.25, 0.3) is 0 Å². The van der Waals surface area contributed by atoms with Crippen molar-refractivity contribution in [3.8, 4) is 0 Å². The highest BCUT2D eigenvalue weighted by atomic mass is 28.5. The van der Waals surface area contributed by atoms with Crippen molar-refractivity contribution in [3.63, 3.8) is 0 Å². The zero-order valence-electron chi connectivity index (χ0n) is 21.8. The van der Waals surface area contributed by atoms with Gasteiger partial charge in [-0.15, -0.1) is 0 Å². The molecule has 0 spiro atoms. The van der Waals surface area contributed by atoms with Crippen molar-refractivity contribution in [2.45, 2.75) is 96.3 Å². The van der Waals surface area contributed by atoms with Crippen LogP contribution in [-0.2, 0) is 17.8 Å². The number of hydrogen-bond donors (Lipinski definition) is 0. The van der Waals surface area contributed by atoms with Crippen molar-refractivity contribution < 1.29 is 38.7 Å². The molecule has 2 atom stereocenters. The maximum absolute atomic E-state index is 14.0. The van der Waals surface area contributed by atoms with Gasteiger partial charge in [-0.1, -0.05) is 13.8 Å². The minimum Gasteiger partial charge on any atom is -0.437 e. The average molecular weight is 565 g/mol. The molecular weight excluding hydrogens is 527 g/mol. The normalized spacial score (nSPS) is 17.4. The molecule has 3 nitrogen and oxygen atoms in total. The molecule has 0 bridgehead atoms. The molecule has 0 fully saturated rings. The Kier molecular flexibility index (Phi) is 9.75. The Labute approximate surface area is 204 Å². The topological polar surface area (TPSA) is 27.7 Å². The van der Waals surface area contributed by atoms with Crippen molar-refractivity contribution in [1.82, 2.24) is 0 Å². The van der Waals surface area contributed by atoms with E-state index < -0.39 is 69.2 Å². The standard InChI is InChI=1S/C21H38F6O3Si4/c1-20(2,16-13-17(22)19(24)18(23)14-16)15-34(10,29-32(6,7)8)30-33(9,28-31(3,4)5)12-11-21(25,26)27/h13-14H,11-12,15H2,1-10H3. The maximum Gasteiger partial charge on any atom is 0.389 e. The van der Waals surface area contributed by atoms with Crippen molar-refractivity contribution in [1.29, 1.82) is 0 Å². The van der Waals surface area contributed by atoms with E-state index in [-0.39, 0.29) is 17.7 Å². The molecule has 13 heteroatoms. The van der Waals surface area contributed by atoms with E-state index in [1.165, 1.54) is 0 Å². The molecule has 0 amide bonds. The fraction of sp³-hybridized carbons (Fsp3) is 0.714. The van der Waals surface area contributed by atoms with Gasteiger partial charge in [-0.25, -0.2) is 13.2 Å². The molecule has 1 rings (SSSR count). The fourth-order valence-electron chi connectivity index (χ4n) is 4.19. The van der Waals surface area contributed by atoms with E-state index in [1.54, 1.807) is 26.9 Å². The second-order valence-corrected chi connectivity index (χ2v) is 28.0. The van der Waals surface area contributed by atoms with E-state index in [9.17, 15) is 26.3 Å². The summed E-state index contributed by atoms with van der Waals surface area (Å²) in [5.41, 5.74) is -0.690. The second-order valence-electron chi connectivity index (χ2n) is 11.7. The van der Waals surface area contributed by atoms with E-state index in [1.807, 2.05) is 39.3 Å². The largest absolute Gasteiger partial charge is 0.437 e. The van der Waals surface area contributed by atoms with Crippen LogP contribution in [0.4, 0.5) is 26.3 Å². The Morgan fingerprint density at radius 1 is 0.706 bits per heavy atom. The monoisotopic (exact) mass is 564 g/mol. The summed E-state index contributed by atoms with van der Waals surface area (Å²) in [6, 6.07) is 1.80. The molecule has 0 saturated carbocycles. The Morgan fingerprint density at radius 2 is 1.12 bits per heavy atom. The van der Waals surface area contributed by atoms with Gasteiger partial charge in [-0.2, -0.15) is 13.2 Å². The third-order valence-corrected chi connectivity index (χ3v) is 19.4. The molecule has 0 aliphatic heterocycles. The van der Waals surface area contributed by atoms with Crippen LogP contribution in [0.15, 0.2) is 12.1 Å². The van der Waals surface area contributed by atoms with E-state index in [0.29, 0.717) is 0 Å². The Hall–Kier alpha value is -0.452. The summed E-state index contributed by atoms with van der Waals surface area (Å²) in [5.74, 6) is -4.15. The van der Waals surface area contributed by atoms with Crippen molar-refractivity contribution in [2.75, 3.05) is 0 Å². The van der Waals surface area contributed by atoms with Gasteiger partial charge < -0.3 is 12.3 Å². The minimum absolute atomic E-state index is 0.193. The van der Waals surface area contributed by atoms with Gasteiger partial charge in [0.2, 0.25) is 0 Å². The van der Waals surface area contributed by atoms with Gasteiger partial charge in [0.05, 0.1) is 0 Å². The molecule has 1 aromatic rings. The molecule has 0 aromatic heterocycles. The number of hydrogen-bond acceptors (Lipinski definition) is 3. The first-order chi connectivity index (χ1) is 14.9. The lowest BCUT2D eigenvalue weighted by atomic mass is 9.86. The predicted octanol–water partition coefficient (Wildman–Crippen LogP) is 8.20. The van der Waals surface area contributed by atoms with Crippen molar-refractivity contribution in [2.24, 2.45) is 0 Å². The SMILES string of the molecule is CC(C)(C[Si](C)(O[Si](C)(C)C)O[Si](C)(CCC(F)(F)F)O[Si](C)(C)C)c1cc(F)c(F)c(F)c1. The van der Waals surface area contributed by atoms with Crippen LogP contribution in [0.1, 0.15) is 25.8 Å². The molecule has 2 unspecified atom stereocenters. The van der Waals surface area contributed by atoms with Gasteiger partial charge >= 0.3 is 23.3 Å². The Morgan fingerprint density at radius 3 is 1.50 bits per heavy atom. The average Bonchev–Trinajstić information content (AvgIpc) is 2.52. The molecule has 198 valence electrons. The first-order valence-electron chi connectivity index (χ1n) is 11.2. The van der Waals surface area contributed by atoms with Crippen LogP contribution in [0.3, 0.4) is 0 Å². The summed E-state index contributed by atoms with van der Waals surface area (Å²) < 4.78 is 100. The lowest BCUT2D eigenvalue weighted by Gasteiger charge is -2.45. The third kappa shape index (κ3) is 10.7. The smallest absolute Gasteiger partial charge is 0.389 e. The Bertz CT molecular complexity index is 831. The van der Waals surface area contributed by atoms with Crippen LogP contribution in [-0.4, -0.2) is 39.9 Å². The minimum atomic E-state index is -4.36. The van der Waals surface area contributed by atoms with E-state index in [4.69, 9.17) is 12.3 Å². The highest BCUT2D eigenvalue weighted by Crippen LogP contribution is 2.39. The fourth-order valence-corrected chi connectivity index (χ4v) is 23.2. The quantitative estimate of drug-likeness (QED) is 0.154. The van der Waals surface area contributed by atoms with Crippen LogP contribution >= 0.6 is 0 Å². The maximum atomic E-state index is 14.0. The summed E-state index contributed by atoms with van der Waals surface area (Å²) in [4.78, 5) is 0. The van der Waals surface area contributed by atoms with Gasteiger partial charge in [0.15, 0.2) is 34.1 Å². The van der Waals surface area contributed by atoms with Gasteiger partial charge in [0, 0.05) is 6.42 Å². The first kappa shape index (κ1) is 31.6. The first-order valence-corrected chi connectivity index (χ1v) is 23.0. The number of rotatable bonds is 11. The molecule has 0 aliphatic carbocycles. The molecule has 0 N–H and O–H groups in total. The summed E-state index contributed by atoms with van der Waals surface area (Å²) in [6.07, 6.45) is -5.39. The molecule has 0 heterocycles. The Balaban J connectivity index is 3.45. The lowest BCUT2D eigenvalue weighted by Crippen LogP contribution is -2.59. The summed E-state index contributed by atoms with van der Waals surface area (Å²) >= 11 is 0. The lowest BCUT2D eigenvalue weighted by molar-refractivity contribution is -0.131. The van der Waals surface area contributed by atoms with Crippen LogP contribution in [0.2, 0.25) is 64.5 Å². The summed E-state index contributed by atoms with van der Waals surface area (Å²) in [6.45, 7) is 18.4. The molecule has 0 radical (unpaired) electrons. The predicted molar refractivity (Wildman–Crippen MR) is 133 cm³/mol. The highest BCUT2D eigenvalue weighted by Gasteiger charge is 2.50. The van der Waals surface area contributed by atoms with Crippen molar-refractivity contribution >= 4 is 33.8 Å². The second kappa shape index (κ2) is 10.5. The van der Waals surface area contributed by atoms with E-state index >= 15 is 0 Å². The van der Waals surface area contributed by atoms with Gasteiger partial charge in [0.1, 0.15) is 0 Å². The number of benzene rings is 1. The van der Waals surface area contributed by atoms with E-state index in [0.717, 1.165) is 12.1 Å². The number of alkyl halides is 3. The third-order valence-electron chi connectivity index (χ3n) is 4.87. The zero-order valence-corrected chi connectivity index (χ0v) is 25.8. The van der Waals surface area contributed by atoms with Crippen LogP contribution < -0.4 is 0 Å². The molecule has 1 aromatic carbocycles. The van der Waals surface area contributed by atoms with Gasteiger partial charge in [-0.05, 0) is 87.6 Å².